The number of carbonyl (C=O) groups is 1. The molecule has 0 saturated heterocycles. The van der Waals surface area contributed by atoms with Gasteiger partial charge in [0.2, 0.25) is 5.95 Å². The Morgan fingerprint density at radius 1 is 1.39 bits per heavy atom. The maximum Gasteiger partial charge on any atom is 0.278 e. The number of rotatable bonds is 2. The number of para-hydroxylation sites is 1. The van der Waals surface area contributed by atoms with E-state index in [1.54, 1.807) is 0 Å². The van der Waals surface area contributed by atoms with Crippen LogP contribution in [0.3, 0.4) is 0 Å². The van der Waals surface area contributed by atoms with Gasteiger partial charge < -0.3 is 9.88 Å². The normalized spacial score (nSPS) is 14.9. The molecule has 118 valence electrons. The maximum atomic E-state index is 12.5. The van der Waals surface area contributed by atoms with Crippen LogP contribution in [0.25, 0.3) is 11.0 Å². The van der Waals surface area contributed by atoms with Crippen LogP contribution in [-0.4, -0.2) is 44.6 Å². The number of aromatic amines is 2. The molecule has 1 aliphatic rings. The number of nitrogens with zero attached hydrogens (tertiary/aromatic N) is 3. The molecule has 3 heterocycles. The van der Waals surface area contributed by atoms with Gasteiger partial charge in [-0.25, -0.2) is 4.98 Å². The van der Waals surface area contributed by atoms with E-state index in [0.717, 1.165) is 47.4 Å². The summed E-state index contributed by atoms with van der Waals surface area (Å²) in [6.45, 7) is 3.70. The Hall–Kier alpha value is -2.67. The molecule has 0 atom stereocenters. The van der Waals surface area contributed by atoms with Crippen LogP contribution < -0.4 is 5.32 Å². The number of carbonyl (C=O) groups excluding carboxylic acids is 1. The predicted octanol–water partition coefficient (Wildman–Crippen LogP) is 1.83. The number of hydrogen-bond donors (Lipinski definition) is 3. The van der Waals surface area contributed by atoms with E-state index in [1.807, 2.05) is 32.2 Å². The quantitative estimate of drug-likeness (QED) is 0.673. The van der Waals surface area contributed by atoms with Crippen LogP contribution in [0.2, 0.25) is 0 Å². The second kappa shape index (κ2) is 5.20. The van der Waals surface area contributed by atoms with Crippen molar-refractivity contribution in [1.82, 2.24) is 25.1 Å². The van der Waals surface area contributed by atoms with Crippen molar-refractivity contribution >= 4 is 22.9 Å². The van der Waals surface area contributed by atoms with Crippen molar-refractivity contribution < 1.29 is 4.79 Å². The molecule has 1 aromatic carbocycles. The number of anilines is 1. The van der Waals surface area contributed by atoms with E-state index in [2.05, 4.69) is 30.4 Å². The lowest BCUT2D eigenvalue weighted by Gasteiger charge is -2.22. The first-order chi connectivity index (χ1) is 11.1. The summed E-state index contributed by atoms with van der Waals surface area (Å²) < 4.78 is 0. The van der Waals surface area contributed by atoms with Gasteiger partial charge in [0.25, 0.3) is 5.91 Å². The second-order valence-corrected chi connectivity index (χ2v) is 6.03. The van der Waals surface area contributed by atoms with E-state index in [4.69, 9.17) is 0 Å². The molecule has 1 aliphatic heterocycles. The van der Waals surface area contributed by atoms with Crippen molar-refractivity contribution in [3.63, 3.8) is 0 Å². The molecule has 3 aromatic rings. The average molecular weight is 310 g/mol. The highest BCUT2D eigenvalue weighted by Crippen LogP contribution is 2.21. The van der Waals surface area contributed by atoms with Crippen molar-refractivity contribution in [1.29, 1.82) is 0 Å². The summed E-state index contributed by atoms with van der Waals surface area (Å²) in [5.41, 5.74) is 5.31. The minimum atomic E-state index is -0.241. The topological polar surface area (TPSA) is 89.7 Å². The monoisotopic (exact) mass is 310 g/mol. The van der Waals surface area contributed by atoms with Gasteiger partial charge in [0, 0.05) is 30.8 Å². The lowest BCUT2D eigenvalue weighted by Crippen LogP contribution is -2.27. The number of hydrogen-bond acceptors (Lipinski definition) is 4. The van der Waals surface area contributed by atoms with Gasteiger partial charge in [-0.3, -0.25) is 15.2 Å². The number of fused-ring (bicyclic) bond motifs is 2. The molecule has 0 spiro atoms. The summed E-state index contributed by atoms with van der Waals surface area (Å²) in [4.78, 5) is 22.3. The van der Waals surface area contributed by atoms with Gasteiger partial charge >= 0.3 is 0 Å². The molecule has 23 heavy (non-hydrogen) atoms. The summed E-state index contributed by atoms with van der Waals surface area (Å²) in [6, 6.07) is 5.90. The number of nitrogens with one attached hydrogen (secondary N) is 3. The smallest absolute Gasteiger partial charge is 0.278 e. The standard InChI is InChI=1S/C16H18N6O/c1-9-4-3-5-12-13(9)18-16(17-12)19-15(23)14-10-8-22(2)7-6-11(10)20-21-14/h3-5H,6-8H2,1-2H3,(H,20,21)(H2,17,18,19,23). The van der Waals surface area contributed by atoms with Crippen molar-refractivity contribution in [2.45, 2.75) is 19.9 Å². The number of aromatic nitrogens is 4. The lowest BCUT2D eigenvalue weighted by molar-refractivity contribution is 0.101. The van der Waals surface area contributed by atoms with Gasteiger partial charge in [0.05, 0.1) is 11.0 Å². The lowest BCUT2D eigenvalue weighted by atomic mass is 10.1. The molecule has 4 rings (SSSR count). The largest absolute Gasteiger partial charge is 0.324 e. The first kappa shape index (κ1) is 14.0. The first-order valence-electron chi connectivity index (χ1n) is 7.63. The third-order valence-corrected chi connectivity index (χ3v) is 4.29. The Morgan fingerprint density at radius 3 is 3.09 bits per heavy atom. The van der Waals surface area contributed by atoms with Gasteiger partial charge in [-0.05, 0) is 25.6 Å². The SMILES string of the molecule is Cc1cccc2[nH]c(NC(=O)c3n[nH]c4c3CN(C)CC4)nc12. The van der Waals surface area contributed by atoms with Gasteiger partial charge in [-0.15, -0.1) is 0 Å². The van der Waals surface area contributed by atoms with E-state index < -0.39 is 0 Å². The average Bonchev–Trinajstić information content (AvgIpc) is 3.11. The fraction of sp³-hybridized carbons (Fsp3) is 0.312. The van der Waals surface area contributed by atoms with Crippen molar-refractivity contribution in [2.24, 2.45) is 0 Å². The molecule has 2 aromatic heterocycles. The zero-order valence-corrected chi connectivity index (χ0v) is 13.1. The molecule has 3 N–H and O–H groups in total. The Kier molecular flexibility index (Phi) is 3.16. The summed E-state index contributed by atoms with van der Waals surface area (Å²) in [5.74, 6) is 0.203. The van der Waals surface area contributed by atoms with Crippen molar-refractivity contribution in [2.75, 3.05) is 18.9 Å². The minimum absolute atomic E-state index is 0.241. The van der Waals surface area contributed by atoms with Gasteiger partial charge in [-0.1, -0.05) is 12.1 Å². The predicted molar refractivity (Wildman–Crippen MR) is 87.4 cm³/mol. The summed E-state index contributed by atoms with van der Waals surface area (Å²) in [5, 5.41) is 9.99. The molecule has 7 heteroatoms. The number of benzene rings is 1. The van der Waals surface area contributed by atoms with Crippen LogP contribution in [-0.2, 0) is 13.0 Å². The molecule has 1 amide bonds. The Bertz CT molecular complexity index is 893. The summed E-state index contributed by atoms with van der Waals surface area (Å²) in [7, 11) is 2.04. The van der Waals surface area contributed by atoms with Crippen molar-refractivity contribution in [3.05, 3.63) is 40.7 Å². The molecular formula is C16H18N6O. The summed E-state index contributed by atoms with van der Waals surface area (Å²) in [6.07, 6.45) is 0.885. The van der Waals surface area contributed by atoms with E-state index in [0.29, 0.717) is 11.6 Å². The van der Waals surface area contributed by atoms with Gasteiger partial charge in [0.15, 0.2) is 5.69 Å². The fourth-order valence-corrected chi connectivity index (χ4v) is 3.02. The van der Waals surface area contributed by atoms with Gasteiger partial charge in [-0.2, -0.15) is 5.10 Å². The molecule has 0 radical (unpaired) electrons. The zero-order valence-electron chi connectivity index (χ0n) is 13.1. The maximum absolute atomic E-state index is 12.5. The Balaban J connectivity index is 1.62. The van der Waals surface area contributed by atoms with Crippen molar-refractivity contribution in [3.8, 4) is 0 Å². The summed E-state index contributed by atoms with van der Waals surface area (Å²) >= 11 is 0. The highest BCUT2D eigenvalue weighted by molar-refractivity contribution is 6.03. The fourth-order valence-electron chi connectivity index (χ4n) is 3.02. The number of likely N-dealkylation sites (N-methyl/N-ethyl adjacent to an activating group) is 1. The minimum Gasteiger partial charge on any atom is -0.324 e. The highest BCUT2D eigenvalue weighted by Gasteiger charge is 2.24. The van der Waals surface area contributed by atoms with Crippen LogP contribution in [0, 0.1) is 6.92 Å². The number of imidazole rings is 1. The number of amides is 1. The highest BCUT2D eigenvalue weighted by atomic mass is 16.2. The number of aryl methyl sites for hydroxylation is 1. The molecule has 0 saturated carbocycles. The second-order valence-electron chi connectivity index (χ2n) is 6.03. The van der Waals surface area contributed by atoms with Crippen LogP contribution in [0.15, 0.2) is 18.2 Å². The first-order valence-corrected chi connectivity index (χ1v) is 7.63. The molecular weight excluding hydrogens is 292 g/mol. The third-order valence-electron chi connectivity index (χ3n) is 4.29. The zero-order chi connectivity index (χ0) is 16.0. The van der Waals surface area contributed by atoms with E-state index in [9.17, 15) is 4.79 Å². The number of H-pyrrole nitrogens is 2. The van der Waals surface area contributed by atoms with Gasteiger partial charge in [0.1, 0.15) is 0 Å². The molecule has 7 nitrogen and oxygen atoms in total. The van der Waals surface area contributed by atoms with Crippen LogP contribution in [0.4, 0.5) is 5.95 Å². The Labute approximate surface area is 133 Å². The molecule has 0 unspecified atom stereocenters. The van der Waals surface area contributed by atoms with E-state index in [-0.39, 0.29) is 5.91 Å². The van der Waals surface area contributed by atoms with Crippen LogP contribution >= 0.6 is 0 Å². The van der Waals surface area contributed by atoms with Crippen LogP contribution in [0.5, 0.6) is 0 Å². The molecule has 0 fully saturated rings. The molecule has 0 bridgehead atoms. The molecule has 0 aliphatic carbocycles. The Morgan fingerprint density at radius 2 is 2.26 bits per heavy atom. The third kappa shape index (κ3) is 2.39. The van der Waals surface area contributed by atoms with E-state index in [1.165, 1.54) is 0 Å². The van der Waals surface area contributed by atoms with E-state index >= 15 is 0 Å². The van der Waals surface area contributed by atoms with Crippen LogP contribution in [0.1, 0.15) is 27.3 Å².